The highest BCUT2D eigenvalue weighted by atomic mass is 35.5. The van der Waals surface area contributed by atoms with E-state index in [1.165, 1.54) is 18.6 Å². The number of hydrogen-bond donors (Lipinski definition) is 2. The largest absolute Gasteiger partial charge is 0.372 e. The van der Waals surface area contributed by atoms with E-state index in [2.05, 4.69) is 16.0 Å². The summed E-state index contributed by atoms with van der Waals surface area (Å²) in [7, 11) is 0. The monoisotopic (exact) mass is 514 g/mol. The summed E-state index contributed by atoms with van der Waals surface area (Å²) in [4.78, 5) is 13.2. The Balaban J connectivity index is 1.56. The standard InChI is InChI=1S/C26H25Cl2FN4O2/c27-18-8-11-23(22(28)13-18)33-25-17(12-16-6-9-19(29)10-7-16)14-35-15-21(25)24(32-33)26(34)31-30-20-4-2-1-3-5-20/h6-13,20,30H,1-5,14-15H2,(H,31,34)/b17-12+. The van der Waals surface area contributed by atoms with Gasteiger partial charge in [-0.1, -0.05) is 54.6 Å². The summed E-state index contributed by atoms with van der Waals surface area (Å²) in [6.07, 6.45) is 7.49. The van der Waals surface area contributed by atoms with E-state index >= 15 is 0 Å². The fourth-order valence-electron chi connectivity index (χ4n) is 4.60. The molecule has 2 N–H and O–H groups in total. The molecule has 2 aromatic carbocycles. The topological polar surface area (TPSA) is 68.2 Å². The first-order chi connectivity index (χ1) is 17.0. The molecule has 35 heavy (non-hydrogen) atoms. The van der Waals surface area contributed by atoms with Crippen LogP contribution in [0.4, 0.5) is 4.39 Å². The molecule has 0 atom stereocenters. The molecule has 0 bridgehead atoms. The molecule has 0 saturated heterocycles. The smallest absolute Gasteiger partial charge is 0.286 e. The first kappa shape index (κ1) is 24.0. The molecule has 1 fully saturated rings. The number of nitrogens with zero attached hydrogens (tertiary/aromatic N) is 2. The van der Waals surface area contributed by atoms with Crippen molar-refractivity contribution in [2.45, 2.75) is 44.8 Å². The Morgan fingerprint density at radius 1 is 1.09 bits per heavy atom. The molecule has 2 heterocycles. The molecule has 1 aliphatic heterocycles. The highest BCUT2D eigenvalue weighted by Gasteiger charge is 2.30. The van der Waals surface area contributed by atoms with E-state index < -0.39 is 0 Å². The van der Waals surface area contributed by atoms with Crippen molar-refractivity contribution in [1.29, 1.82) is 0 Å². The van der Waals surface area contributed by atoms with Gasteiger partial charge in [-0.25, -0.2) is 14.5 Å². The highest BCUT2D eigenvalue weighted by Crippen LogP contribution is 2.34. The minimum Gasteiger partial charge on any atom is -0.372 e. The number of carbonyl (C=O) groups excluding carboxylic acids is 1. The van der Waals surface area contributed by atoms with Gasteiger partial charge in [0.15, 0.2) is 5.69 Å². The van der Waals surface area contributed by atoms with Crippen molar-refractivity contribution in [3.05, 3.63) is 80.8 Å². The van der Waals surface area contributed by atoms with Crippen LogP contribution in [0, 0.1) is 5.82 Å². The number of benzene rings is 2. The molecule has 1 amide bonds. The average Bonchev–Trinajstić information content (AvgIpc) is 3.25. The van der Waals surface area contributed by atoms with Gasteiger partial charge in [-0.3, -0.25) is 10.2 Å². The number of aromatic nitrogens is 2. The lowest BCUT2D eigenvalue weighted by Gasteiger charge is -2.23. The molecular formula is C26H25Cl2FN4O2. The van der Waals surface area contributed by atoms with Gasteiger partial charge in [0.2, 0.25) is 0 Å². The molecule has 5 rings (SSSR count). The van der Waals surface area contributed by atoms with Gasteiger partial charge in [0.25, 0.3) is 5.91 Å². The maximum absolute atomic E-state index is 13.4. The highest BCUT2D eigenvalue weighted by molar-refractivity contribution is 6.35. The zero-order chi connectivity index (χ0) is 24.4. The van der Waals surface area contributed by atoms with Crippen LogP contribution < -0.4 is 10.9 Å². The summed E-state index contributed by atoms with van der Waals surface area (Å²) >= 11 is 12.7. The molecule has 2 aliphatic rings. The number of rotatable bonds is 5. The second kappa shape index (κ2) is 10.5. The normalized spacial score (nSPS) is 17.4. The summed E-state index contributed by atoms with van der Waals surface area (Å²) in [5.74, 6) is -0.641. The molecular weight excluding hydrogens is 490 g/mol. The number of nitrogens with one attached hydrogen (secondary N) is 2. The van der Waals surface area contributed by atoms with Crippen LogP contribution in [0.5, 0.6) is 0 Å². The van der Waals surface area contributed by atoms with Gasteiger partial charge >= 0.3 is 0 Å². The Labute approximate surface area is 213 Å². The third-order valence-electron chi connectivity index (χ3n) is 6.35. The molecule has 1 saturated carbocycles. The summed E-state index contributed by atoms with van der Waals surface area (Å²) in [5, 5.41) is 5.58. The van der Waals surface area contributed by atoms with Crippen LogP contribution in [0.25, 0.3) is 17.3 Å². The average molecular weight is 515 g/mol. The Bertz CT molecular complexity index is 1270. The van der Waals surface area contributed by atoms with Crippen molar-refractivity contribution < 1.29 is 13.9 Å². The first-order valence-electron chi connectivity index (χ1n) is 11.7. The number of halogens is 3. The lowest BCUT2D eigenvalue weighted by atomic mass is 9.96. The fraction of sp³-hybridized carbons (Fsp3) is 0.308. The summed E-state index contributed by atoms with van der Waals surface area (Å²) in [6, 6.07) is 11.6. The van der Waals surface area contributed by atoms with Crippen LogP contribution in [0.2, 0.25) is 10.0 Å². The molecule has 1 aliphatic carbocycles. The van der Waals surface area contributed by atoms with Gasteiger partial charge in [0.1, 0.15) is 5.82 Å². The molecule has 1 aromatic heterocycles. The number of carbonyl (C=O) groups is 1. The maximum Gasteiger partial charge on any atom is 0.286 e. The van der Waals surface area contributed by atoms with Gasteiger partial charge in [-0.05, 0) is 54.8 Å². The van der Waals surface area contributed by atoms with Crippen molar-refractivity contribution in [2.24, 2.45) is 0 Å². The van der Waals surface area contributed by atoms with Crippen LogP contribution in [-0.2, 0) is 11.3 Å². The molecule has 0 unspecified atom stereocenters. The second-order valence-corrected chi connectivity index (χ2v) is 9.67. The predicted molar refractivity (Wildman–Crippen MR) is 135 cm³/mol. The van der Waals surface area contributed by atoms with Gasteiger partial charge in [0, 0.05) is 22.2 Å². The number of hydrogen-bond acceptors (Lipinski definition) is 4. The Morgan fingerprint density at radius 2 is 1.86 bits per heavy atom. The lowest BCUT2D eigenvalue weighted by Crippen LogP contribution is -2.45. The third kappa shape index (κ3) is 5.28. The third-order valence-corrected chi connectivity index (χ3v) is 6.89. The van der Waals surface area contributed by atoms with E-state index in [1.54, 1.807) is 35.0 Å². The first-order valence-corrected chi connectivity index (χ1v) is 12.4. The molecule has 9 heteroatoms. The maximum atomic E-state index is 13.4. The molecule has 3 aromatic rings. The second-order valence-electron chi connectivity index (χ2n) is 8.83. The minimum atomic E-state index is -0.331. The molecule has 0 spiro atoms. The summed E-state index contributed by atoms with van der Waals surface area (Å²) in [6.45, 7) is 0.538. The van der Waals surface area contributed by atoms with E-state index in [0.29, 0.717) is 27.9 Å². The predicted octanol–water partition coefficient (Wildman–Crippen LogP) is 5.96. The Morgan fingerprint density at radius 3 is 2.60 bits per heavy atom. The van der Waals surface area contributed by atoms with Crippen molar-refractivity contribution in [3.8, 4) is 5.69 Å². The Kier molecular flexibility index (Phi) is 7.20. The van der Waals surface area contributed by atoms with E-state index in [-0.39, 0.29) is 30.1 Å². The van der Waals surface area contributed by atoms with Crippen LogP contribution in [-0.4, -0.2) is 28.3 Å². The Hall–Kier alpha value is -2.71. The van der Waals surface area contributed by atoms with Crippen LogP contribution >= 0.6 is 23.2 Å². The van der Waals surface area contributed by atoms with Gasteiger partial charge in [0.05, 0.1) is 29.6 Å². The van der Waals surface area contributed by atoms with Crippen LogP contribution in [0.15, 0.2) is 42.5 Å². The van der Waals surface area contributed by atoms with E-state index in [0.717, 1.165) is 42.5 Å². The minimum absolute atomic E-state index is 0.230. The van der Waals surface area contributed by atoms with E-state index in [1.807, 2.05) is 6.08 Å². The quantitative estimate of drug-likeness (QED) is 0.412. The number of hydrazine groups is 1. The number of amides is 1. The van der Waals surface area contributed by atoms with Crippen molar-refractivity contribution in [2.75, 3.05) is 6.61 Å². The SMILES string of the molecule is O=C(NNC1CCCCC1)c1nn(-c2ccc(Cl)cc2Cl)c2c1COC/C2=C\c1ccc(F)cc1. The van der Waals surface area contributed by atoms with Crippen LogP contribution in [0.3, 0.4) is 0 Å². The number of fused-ring (bicyclic) bond motifs is 1. The summed E-state index contributed by atoms with van der Waals surface area (Å²) < 4.78 is 20.9. The zero-order valence-corrected chi connectivity index (χ0v) is 20.5. The molecule has 0 radical (unpaired) electrons. The van der Waals surface area contributed by atoms with E-state index in [4.69, 9.17) is 27.9 Å². The van der Waals surface area contributed by atoms with Crippen molar-refractivity contribution in [1.82, 2.24) is 20.6 Å². The lowest BCUT2D eigenvalue weighted by molar-refractivity contribution is 0.0906. The molecule has 182 valence electrons. The molecule has 6 nitrogen and oxygen atoms in total. The van der Waals surface area contributed by atoms with Crippen LogP contribution in [0.1, 0.15) is 59.4 Å². The van der Waals surface area contributed by atoms with Gasteiger partial charge in [-0.15, -0.1) is 0 Å². The van der Waals surface area contributed by atoms with Crippen molar-refractivity contribution >= 4 is 40.8 Å². The van der Waals surface area contributed by atoms with Gasteiger partial charge < -0.3 is 4.74 Å². The van der Waals surface area contributed by atoms with Crippen molar-refractivity contribution in [3.63, 3.8) is 0 Å². The fourth-order valence-corrected chi connectivity index (χ4v) is 5.09. The van der Waals surface area contributed by atoms with Gasteiger partial charge in [-0.2, -0.15) is 5.10 Å². The summed E-state index contributed by atoms with van der Waals surface area (Å²) in [5.41, 5.74) is 9.87. The zero-order valence-electron chi connectivity index (χ0n) is 19.0. The number of ether oxygens (including phenoxy) is 1. The van der Waals surface area contributed by atoms with E-state index in [9.17, 15) is 9.18 Å².